The summed E-state index contributed by atoms with van der Waals surface area (Å²) in [5.74, 6) is 0.169. The number of benzene rings is 1. The van der Waals surface area contributed by atoms with Crippen LogP contribution in [-0.2, 0) is 4.79 Å². The first-order valence-electron chi connectivity index (χ1n) is 7.09. The number of hydrogen-bond acceptors (Lipinski definition) is 7. The number of thioether (sulfide) groups is 1. The van der Waals surface area contributed by atoms with Gasteiger partial charge in [0.15, 0.2) is 0 Å². The molecule has 0 saturated heterocycles. The van der Waals surface area contributed by atoms with Crippen molar-refractivity contribution in [2.45, 2.75) is 24.3 Å². The molecule has 1 aromatic carbocycles. The third-order valence-corrected chi connectivity index (χ3v) is 4.15. The summed E-state index contributed by atoms with van der Waals surface area (Å²) in [5.41, 5.74) is 1.69. The minimum atomic E-state index is -0.567. The molecule has 0 spiro atoms. The van der Waals surface area contributed by atoms with Crippen LogP contribution in [0.3, 0.4) is 0 Å². The number of aryl methyl sites for hydroxylation is 1. The number of amides is 3. The maximum Gasteiger partial charge on any atom is 0.321 e. The molecule has 0 aliphatic carbocycles. The molecular formula is C14H18N6O3S. The lowest BCUT2D eigenvalue weighted by atomic mass is 10.2. The van der Waals surface area contributed by atoms with Gasteiger partial charge in [0.2, 0.25) is 11.1 Å². The van der Waals surface area contributed by atoms with Gasteiger partial charge >= 0.3 is 6.03 Å². The summed E-state index contributed by atoms with van der Waals surface area (Å²) in [6.45, 7) is 3.61. The average molecular weight is 350 g/mol. The molecule has 10 heteroatoms. The number of carbonyl (C=O) groups excluding carboxylic acids is 2. The fourth-order valence-corrected chi connectivity index (χ4v) is 2.66. The molecule has 24 heavy (non-hydrogen) atoms. The molecule has 0 radical (unpaired) electrons. The third kappa shape index (κ3) is 4.02. The molecule has 0 fully saturated rings. The fourth-order valence-electron chi connectivity index (χ4n) is 1.86. The van der Waals surface area contributed by atoms with Crippen molar-refractivity contribution in [2.24, 2.45) is 0 Å². The molecule has 2 N–H and O–H groups in total. The Morgan fingerprint density at radius 2 is 2.12 bits per heavy atom. The van der Waals surface area contributed by atoms with Gasteiger partial charge in [-0.3, -0.25) is 10.1 Å². The van der Waals surface area contributed by atoms with E-state index in [2.05, 4.69) is 26.2 Å². The van der Waals surface area contributed by atoms with Crippen LogP contribution < -0.4 is 15.4 Å². The van der Waals surface area contributed by atoms with Crippen LogP contribution in [0.25, 0.3) is 5.69 Å². The van der Waals surface area contributed by atoms with Gasteiger partial charge < -0.3 is 10.1 Å². The summed E-state index contributed by atoms with van der Waals surface area (Å²) in [4.78, 5) is 23.2. The Bertz CT molecular complexity index is 748. The summed E-state index contributed by atoms with van der Waals surface area (Å²) in [6, 6.07) is 5.06. The van der Waals surface area contributed by atoms with E-state index in [0.717, 1.165) is 17.3 Å². The molecule has 2 rings (SSSR count). The van der Waals surface area contributed by atoms with Gasteiger partial charge in [-0.1, -0.05) is 17.8 Å². The summed E-state index contributed by atoms with van der Waals surface area (Å²) in [6.07, 6.45) is 0. The number of hydrogen-bond donors (Lipinski definition) is 2. The molecule has 3 amide bonds. The highest BCUT2D eigenvalue weighted by Crippen LogP contribution is 2.28. The van der Waals surface area contributed by atoms with Crippen LogP contribution in [-0.4, -0.2) is 51.6 Å². The van der Waals surface area contributed by atoms with Crippen molar-refractivity contribution in [3.63, 3.8) is 0 Å². The first kappa shape index (κ1) is 17.7. The molecule has 1 unspecified atom stereocenters. The number of urea groups is 1. The number of rotatable bonds is 5. The lowest BCUT2D eigenvalue weighted by molar-refractivity contribution is -0.119. The van der Waals surface area contributed by atoms with Crippen molar-refractivity contribution in [1.29, 1.82) is 0 Å². The van der Waals surface area contributed by atoms with Gasteiger partial charge in [0, 0.05) is 7.05 Å². The molecule has 2 aromatic rings. The number of aromatic nitrogens is 4. The normalized spacial score (nSPS) is 11.7. The predicted molar refractivity (Wildman–Crippen MR) is 88.4 cm³/mol. The van der Waals surface area contributed by atoms with E-state index >= 15 is 0 Å². The molecule has 1 heterocycles. The summed E-state index contributed by atoms with van der Waals surface area (Å²) in [5, 5.41) is 16.0. The van der Waals surface area contributed by atoms with Gasteiger partial charge in [-0.25, -0.2) is 4.79 Å². The Hall–Kier alpha value is -2.62. The van der Waals surface area contributed by atoms with Crippen LogP contribution in [0.1, 0.15) is 12.5 Å². The number of ether oxygens (including phenoxy) is 1. The van der Waals surface area contributed by atoms with E-state index in [-0.39, 0.29) is 0 Å². The van der Waals surface area contributed by atoms with E-state index < -0.39 is 17.2 Å². The van der Waals surface area contributed by atoms with Crippen molar-refractivity contribution < 1.29 is 14.3 Å². The maximum absolute atomic E-state index is 12.0. The van der Waals surface area contributed by atoms with Crippen LogP contribution >= 0.6 is 11.8 Å². The Balaban J connectivity index is 2.23. The highest BCUT2D eigenvalue weighted by molar-refractivity contribution is 8.00. The minimum absolute atomic E-state index is 0.415. The summed E-state index contributed by atoms with van der Waals surface area (Å²) in [7, 11) is 3.00. The third-order valence-electron chi connectivity index (χ3n) is 3.12. The van der Waals surface area contributed by atoms with Crippen LogP contribution in [0.5, 0.6) is 5.75 Å². The minimum Gasteiger partial charge on any atom is -0.494 e. The van der Waals surface area contributed by atoms with E-state index in [1.165, 1.54) is 11.7 Å². The molecule has 0 bridgehead atoms. The molecular weight excluding hydrogens is 332 g/mol. The second-order valence-electron chi connectivity index (χ2n) is 4.88. The Morgan fingerprint density at radius 3 is 2.79 bits per heavy atom. The largest absolute Gasteiger partial charge is 0.494 e. The Labute approximate surface area is 143 Å². The van der Waals surface area contributed by atoms with Gasteiger partial charge in [0.25, 0.3) is 0 Å². The monoisotopic (exact) mass is 350 g/mol. The first-order chi connectivity index (χ1) is 11.5. The molecule has 1 aromatic heterocycles. The van der Waals surface area contributed by atoms with Gasteiger partial charge in [-0.2, -0.15) is 4.68 Å². The lowest BCUT2D eigenvalue weighted by Crippen LogP contribution is -2.41. The van der Waals surface area contributed by atoms with E-state index in [1.807, 2.05) is 25.1 Å². The van der Waals surface area contributed by atoms with Crippen LogP contribution in [0.4, 0.5) is 4.79 Å². The highest BCUT2D eigenvalue weighted by atomic mass is 32.2. The number of tetrazole rings is 1. The van der Waals surface area contributed by atoms with Gasteiger partial charge in [-0.05, 0) is 42.0 Å². The molecule has 0 aliphatic rings. The fraction of sp³-hybridized carbons (Fsp3) is 0.357. The standard InChI is InChI=1S/C14H18N6O3S/c1-8-5-6-11(23-4)10(7-8)20-14(17-18-19-20)24-9(2)12(21)16-13(22)15-3/h5-7,9H,1-4H3,(H2,15,16,21,22). The van der Waals surface area contributed by atoms with Crippen LogP contribution in [0, 0.1) is 6.92 Å². The Morgan fingerprint density at radius 1 is 1.38 bits per heavy atom. The molecule has 128 valence electrons. The first-order valence-corrected chi connectivity index (χ1v) is 7.96. The van der Waals surface area contributed by atoms with Crippen molar-refractivity contribution >= 4 is 23.7 Å². The predicted octanol–water partition coefficient (Wildman–Crippen LogP) is 0.916. The maximum atomic E-state index is 12.0. The molecule has 0 aliphatic heterocycles. The smallest absolute Gasteiger partial charge is 0.321 e. The summed E-state index contributed by atoms with van der Waals surface area (Å²) < 4.78 is 6.84. The van der Waals surface area contributed by atoms with Crippen molar-refractivity contribution in [3.05, 3.63) is 23.8 Å². The number of methoxy groups -OCH3 is 1. The quantitative estimate of drug-likeness (QED) is 0.771. The number of nitrogens with zero attached hydrogens (tertiary/aromatic N) is 4. The number of carbonyl (C=O) groups is 2. The van der Waals surface area contributed by atoms with Crippen molar-refractivity contribution in [2.75, 3.05) is 14.2 Å². The molecule has 1 atom stereocenters. The van der Waals surface area contributed by atoms with E-state index in [9.17, 15) is 9.59 Å². The van der Waals surface area contributed by atoms with Crippen molar-refractivity contribution in [1.82, 2.24) is 30.8 Å². The number of imide groups is 1. The Kier molecular flexibility index (Phi) is 5.74. The second-order valence-corrected chi connectivity index (χ2v) is 6.18. The molecule has 9 nitrogen and oxygen atoms in total. The average Bonchev–Trinajstić information content (AvgIpc) is 3.02. The zero-order chi connectivity index (χ0) is 17.7. The van der Waals surface area contributed by atoms with Gasteiger partial charge in [-0.15, -0.1) is 5.10 Å². The highest BCUT2D eigenvalue weighted by Gasteiger charge is 2.21. The van der Waals surface area contributed by atoms with Crippen LogP contribution in [0.15, 0.2) is 23.4 Å². The second kappa shape index (κ2) is 7.77. The van der Waals surface area contributed by atoms with Gasteiger partial charge in [0.1, 0.15) is 11.4 Å². The number of nitrogens with one attached hydrogen (secondary N) is 2. The summed E-state index contributed by atoms with van der Waals surface area (Å²) >= 11 is 1.14. The van der Waals surface area contributed by atoms with Crippen LogP contribution in [0.2, 0.25) is 0 Å². The zero-order valence-corrected chi connectivity index (χ0v) is 14.5. The van der Waals surface area contributed by atoms with E-state index in [4.69, 9.17) is 4.74 Å². The van der Waals surface area contributed by atoms with Gasteiger partial charge in [0.05, 0.1) is 12.4 Å². The zero-order valence-electron chi connectivity index (χ0n) is 13.7. The topological polar surface area (TPSA) is 111 Å². The van der Waals surface area contributed by atoms with E-state index in [1.54, 1.807) is 14.0 Å². The molecule has 0 saturated carbocycles. The van der Waals surface area contributed by atoms with E-state index in [0.29, 0.717) is 16.6 Å². The lowest BCUT2D eigenvalue weighted by Gasteiger charge is -2.12. The SMILES string of the molecule is CNC(=O)NC(=O)C(C)Sc1nnnn1-c1cc(C)ccc1OC. The van der Waals surface area contributed by atoms with Crippen molar-refractivity contribution in [3.8, 4) is 11.4 Å².